The Morgan fingerprint density at radius 2 is 1.96 bits per heavy atom. The molecule has 1 aromatic heterocycles. The molecular weight excluding hydrogens is 348 g/mol. The number of aromatic nitrogens is 3. The normalized spacial score (nSPS) is 11.6. The molecule has 8 nitrogen and oxygen atoms in total. The molecule has 3 aromatic rings. The highest BCUT2D eigenvalue weighted by atomic mass is 16.5. The van der Waals surface area contributed by atoms with Gasteiger partial charge in [0.25, 0.3) is 5.91 Å². The number of nitrogens with one attached hydrogen (secondary N) is 1. The van der Waals surface area contributed by atoms with Crippen LogP contribution in [0, 0.1) is 0 Å². The Morgan fingerprint density at radius 1 is 1.19 bits per heavy atom. The van der Waals surface area contributed by atoms with Crippen LogP contribution in [0.2, 0.25) is 0 Å². The molecular formula is C19H18N4O4. The minimum atomic E-state index is -0.763. The summed E-state index contributed by atoms with van der Waals surface area (Å²) in [7, 11) is 1.29. The third-order valence-corrected chi connectivity index (χ3v) is 3.86. The van der Waals surface area contributed by atoms with Gasteiger partial charge in [-0.15, -0.1) is 5.10 Å². The monoisotopic (exact) mass is 366 g/mol. The van der Waals surface area contributed by atoms with Gasteiger partial charge in [0, 0.05) is 5.69 Å². The number of aliphatic hydroxyl groups is 1. The van der Waals surface area contributed by atoms with Gasteiger partial charge in [-0.2, -0.15) is 0 Å². The Kier molecular flexibility index (Phi) is 5.58. The minimum absolute atomic E-state index is 0.0960. The summed E-state index contributed by atoms with van der Waals surface area (Å²) in [5, 5.41) is 20.6. The highest BCUT2D eigenvalue weighted by molar-refractivity contribution is 6.03. The van der Waals surface area contributed by atoms with E-state index in [1.54, 1.807) is 18.2 Å². The Hall–Kier alpha value is -3.52. The number of methoxy groups -OCH3 is 1. The number of benzene rings is 2. The van der Waals surface area contributed by atoms with Crippen molar-refractivity contribution in [3.63, 3.8) is 0 Å². The standard InChI is InChI=1S/C19H18N4O4/c1-27-19(26)14-8-5-9-15(10-14)20-18(25)16-11-23(22-21-16)12-17(24)13-6-3-2-4-7-13/h2-11,17,24H,12H2,1H3,(H,20,25). The third-order valence-electron chi connectivity index (χ3n) is 3.86. The number of rotatable bonds is 6. The van der Waals surface area contributed by atoms with Gasteiger partial charge in [0.05, 0.1) is 31.5 Å². The number of carbonyl (C=O) groups excluding carboxylic acids is 2. The summed E-state index contributed by atoms with van der Waals surface area (Å²) in [5.74, 6) is -0.968. The molecule has 0 fully saturated rings. The van der Waals surface area contributed by atoms with Crippen LogP contribution in [0.1, 0.15) is 32.5 Å². The number of nitrogens with zero attached hydrogens (tertiary/aromatic N) is 3. The maximum absolute atomic E-state index is 12.3. The number of amides is 1. The van der Waals surface area contributed by atoms with Gasteiger partial charge in [0.15, 0.2) is 5.69 Å². The van der Waals surface area contributed by atoms with E-state index in [4.69, 9.17) is 0 Å². The molecule has 0 saturated carbocycles. The molecule has 0 bridgehead atoms. The van der Waals surface area contributed by atoms with Crippen molar-refractivity contribution in [2.75, 3.05) is 12.4 Å². The Bertz CT molecular complexity index is 940. The lowest BCUT2D eigenvalue weighted by molar-refractivity contribution is 0.0600. The van der Waals surface area contributed by atoms with Gasteiger partial charge < -0.3 is 15.2 Å². The van der Waals surface area contributed by atoms with Gasteiger partial charge in [-0.25, -0.2) is 9.48 Å². The Morgan fingerprint density at radius 3 is 2.70 bits per heavy atom. The van der Waals surface area contributed by atoms with Gasteiger partial charge in [0.1, 0.15) is 0 Å². The fourth-order valence-electron chi connectivity index (χ4n) is 2.49. The lowest BCUT2D eigenvalue weighted by Crippen LogP contribution is -2.13. The zero-order chi connectivity index (χ0) is 19.2. The van der Waals surface area contributed by atoms with Crippen molar-refractivity contribution >= 4 is 17.6 Å². The first-order chi connectivity index (χ1) is 13.1. The van der Waals surface area contributed by atoms with Gasteiger partial charge in [-0.05, 0) is 23.8 Å². The summed E-state index contributed by atoms with van der Waals surface area (Å²) < 4.78 is 6.06. The van der Waals surface area contributed by atoms with Crippen molar-refractivity contribution in [3.8, 4) is 0 Å². The van der Waals surface area contributed by atoms with Gasteiger partial charge >= 0.3 is 5.97 Å². The smallest absolute Gasteiger partial charge is 0.337 e. The second-order valence-electron chi connectivity index (χ2n) is 5.78. The molecule has 2 aromatic carbocycles. The SMILES string of the molecule is COC(=O)c1cccc(NC(=O)c2cn(CC(O)c3ccccc3)nn2)c1. The van der Waals surface area contributed by atoms with Crippen LogP contribution in [-0.2, 0) is 11.3 Å². The number of hydrogen-bond acceptors (Lipinski definition) is 6. The quantitative estimate of drug-likeness (QED) is 0.647. The summed E-state index contributed by atoms with van der Waals surface area (Å²) in [6.45, 7) is 0.169. The maximum Gasteiger partial charge on any atom is 0.337 e. The zero-order valence-electron chi connectivity index (χ0n) is 14.6. The first-order valence-electron chi connectivity index (χ1n) is 8.19. The summed E-state index contributed by atoms with van der Waals surface area (Å²) in [6, 6.07) is 15.5. The van der Waals surface area contributed by atoms with Gasteiger partial charge in [-0.3, -0.25) is 4.79 Å². The highest BCUT2D eigenvalue weighted by Crippen LogP contribution is 2.15. The van der Waals surface area contributed by atoms with E-state index >= 15 is 0 Å². The largest absolute Gasteiger partial charge is 0.465 e. The fourth-order valence-corrected chi connectivity index (χ4v) is 2.49. The first-order valence-corrected chi connectivity index (χ1v) is 8.19. The molecule has 0 aliphatic rings. The van der Waals surface area contributed by atoms with E-state index in [-0.39, 0.29) is 12.2 Å². The van der Waals surface area contributed by atoms with E-state index in [2.05, 4.69) is 20.4 Å². The van der Waals surface area contributed by atoms with E-state index in [0.29, 0.717) is 11.3 Å². The van der Waals surface area contributed by atoms with E-state index in [9.17, 15) is 14.7 Å². The first kappa shape index (κ1) is 18.3. The van der Waals surface area contributed by atoms with Crippen LogP contribution >= 0.6 is 0 Å². The molecule has 0 radical (unpaired) electrons. The van der Waals surface area contributed by atoms with Crippen molar-refractivity contribution < 1.29 is 19.4 Å². The zero-order valence-corrected chi connectivity index (χ0v) is 14.6. The van der Waals surface area contributed by atoms with Crippen LogP contribution in [0.4, 0.5) is 5.69 Å². The number of carbonyl (C=O) groups is 2. The van der Waals surface area contributed by atoms with Crippen molar-refractivity contribution in [2.45, 2.75) is 12.6 Å². The molecule has 1 heterocycles. The summed E-state index contributed by atoms with van der Waals surface area (Å²) >= 11 is 0. The van der Waals surface area contributed by atoms with E-state index in [1.807, 2.05) is 30.3 Å². The average Bonchev–Trinajstić information content (AvgIpc) is 3.17. The summed E-state index contributed by atoms with van der Waals surface area (Å²) in [6.07, 6.45) is 0.687. The molecule has 138 valence electrons. The topological polar surface area (TPSA) is 106 Å². The predicted molar refractivity (Wildman–Crippen MR) is 97.2 cm³/mol. The minimum Gasteiger partial charge on any atom is -0.465 e. The average molecular weight is 366 g/mol. The number of esters is 1. The molecule has 0 spiro atoms. The van der Waals surface area contributed by atoms with E-state index in [0.717, 1.165) is 5.56 Å². The lowest BCUT2D eigenvalue weighted by Gasteiger charge is -2.09. The molecule has 1 atom stereocenters. The lowest BCUT2D eigenvalue weighted by atomic mass is 10.1. The molecule has 2 N–H and O–H groups in total. The maximum atomic E-state index is 12.3. The molecule has 0 aliphatic carbocycles. The molecule has 0 aliphatic heterocycles. The number of hydrogen-bond donors (Lipinski definition) is 2. The van der Waals surface area contributed by atoms with Crippen LogP contribution in [0.15, 0.2) is 60.8 Å². The number of aliphatic hydroxyl groups excluding tert-OH is 1. The second-order valence-corrected chi connectivity index (χ2v) is 5.78. The van der Waals surface area contributed by atoms with Crippen LogP contribution in [-0.4, -0.2) is 39.1 Å². The fraction of sp³-hybridized carbons (Fsp3) is 0.158. The molecule has 0 saturated heterocycles. The van der Waals surface area contributed by atoms with Crippen LogP contribution in [0.5, 0.6) is 0 Å². The van der Waals surface area contributed by atoms with E-state index in [1.165, 1.54) is 24.1 Å². The predicted octanol–water partition coefficient (Wildman–Crippen LogP) is 2.05. The Balaban J connectivity index is 1.66. The third kappa shape index (κ3) is 4.56. The van der Waals surface area contributed by atoms with Crippen LogP contribution in [0.25, 0.3) is 0 Å². The van der Waals surface area contributed by atoms with Gasteiger partial charge in [-0.1, -0.05) is 41.6 Å². The second kappa shape index (κ2) is 8.24. The molecule has 27 heavy (non-hydrogen) atoms. The highest BCUT2D eigenvalue weighted by Gasteiger charge is 2.15. The number of ether oxygens (including phenoxy) is 1. The van der Waals surface area contributed by atoms with Crippen molar-refractivity contribution in [2.24, 2.45) is 0 Å². The Labute approximate surface area is 155 Å². The van der Waals surface area contributed by atoms with Crippen molar-refractivity contribution in [1.82, 2.24) is 15.0 Å². The van der Waals surface area contributed by atoms with E-state index < -0.39 is 18.0 Å². The van der Waals surface area contributed by atoms with Crippen LogP contribution in [0.3, 0.4) is 0 Å². The van der Waals surface area contributed by atoms with Crippen LogP contribution < -0.4 is 5.32 Å². The molecule has 1 amide bonds. The number of anilines is 1. The summed E-state index contributed by atoms with van der Waals surface area (Å²) in [5.41, 5.74) is 1.60. The van der Waals surface area contributed by atoms with Crippen molar-refractivity contribution in [3.05, 3.63) is 77.6 Å². The van der Waals surface area contributed by atoms with Gasteiger partial charge in [0.2, 0.25) is 0 Å². The summed E-state index contributed by atoms with van der Waals surface area (Å²) in [4.78, 5) is 23.9. The molecule has 3 rings (SSSR count). The van der Waals surface area contributed by atoms with Crippen molar-refractivity contribution in [1.29, 1.82) is 0 Å². The molecule has 8 heteroatoms. The molecule has 1 unspecified atom stereocenters.